The van der Waals surface area contributed by atoms with Gasteiger partial charge in [0.1, 0.15) is 5.78 Å². The molecular weight excluding hydrogens is 186 g/mol. The lowest BCUT2D eigenvalue weighted by atomic mass is 10.0. The molecule has 0 bridgehead atoms. The second-order valence-corrected chi connectivity index (χ2v) is 4.21. The number of carbonyl (C=O) groups is 1. The predicted octanol–water partition coefficient (Wildman–Crippen LogP) is 2.64. The van der Waals surface area contributed by atoms with Gasteiger partial charge >= 0.3 is 0 Å². The highest BCUT2D eigenvalue weighted by Crippen LogP contribution is 2.24. The summed E-state index contributed by atoms with van der Waals surface area (Å²) in [4.78, 5) is 13.1. The molecule has 2 heteroatoms. The SMILES string of the molecule is CC(=O)CN(C)c1ccc(C)c(C)c1C. The number of hydrogen-bond acceptors (Lipinski definition) is 2. The van der Waals surface area contributed by atoms with E-state index in [0.717, 1.165) is 5.69 Å². The highest BCUT2D eigenvalue weighted by molar-refractivity contribution is 5.81. The molecule has 2 nitrogen and oxygen atoms in total. The molecule has 0 radical (unpaired) electrons. The van der Waals surface area contributed by atoms with Crippen molar-refractivity contribution in [3.8, 4) is 0 Å². The van der Waals surface area contributed by atoms with Crippen LogP contribution in [0.25, 0.3) is 0 Å². The Hall–Kier alpha value is -1.31. The van der Waals surface area contributed by atoms with E-state index in [1.54, 1.807) is 6.92 Å². The predicted molar refractivity (Wildman–Crippen MR) is 64.6 cm³/mol. The molecule has 0 saturated heterocycles. The van der Waals surface area contributed by atoms with Crippen molar-refractivity contribution >= 4 is 11.5 Å². The molecule has 0 aliphatic heterocycles. The Morgan fingerprint density at radius 2 is 1.80 bits per heavy atom. The summed E-state index contributed by atoms with van der Waals surface area (Å²) in [6.45, 7) is 8.43. The Labute approximate surface area is 91.9 Å². The van der Waals surface area contributed by atoms with Crippen molar-refractivity contribution in [3.05, 3.63) is 28.8 Å². The van der Waals surface area contributed by atoms with E-state index in [0.29, 0.717) is 6.54 Å². The summed E-state index contributed by atoms with van der Waals surface area (Å²) in [5.41, 5.74) is 5.02. The minimum absolute atomic E-state index is 0.190. The largest absolute Gasteiger partial charge is 0.367 e. The van der Waals surface area contributed by atoms with Crippen LogP contribution in [0.1, 0.15) is 23.6 Å². The number of aryl methyl sites for hydroxylation is 1. The molecule has 1 aromatic carbocycles. The van der Waals surface area contributed by atoms with Crippen molar-refractivity contribution in [1.29, 1.82) is 0 Å². The lowest BCUT2D eigenvalue weighted by Gasteiger charge is -2.21. The van der Waals surface area contributed by atoms with Gasteiger partial charge in [-0.25, -0.2) is 0 Å². The van der Waals surface area contributed by atoms with Gasteiger partial charge in [0, 0.05) is 12.7 Å². The van der Waals surface area contributed by atoms with Crippen LogP contribution in [0.15, 0.2) is 12.1 Å². The monoisotopic (exact) mass is 205 g/mol. The van der Waals surface area contributed by atoms with E-state index in [-0.39, 0.29) is 5.78 Å². The first kappa shape index (κ1) is 11.8. The van der Waals surface area contributed by atoms with E-state index < -0.39 is 0 Å². The molecule has 1 rings (SSSR count). The van der Waals surface area contributed by atoms with Gasteiger partial charge in [0.25, 0.3) is 0 Å². The smallest absolute Gasteiger partial charge is 0.149 e. The van der Waals surface area contributed by atoms with Gasteiger partial charge in [-0.2, -0.15) is 0 Å². The van der Waals surface area contributed by atoms with E-state index in [1.165, 1.54) is 16.7 Å². The van der Waals surface area contributed by atoms with Crippen LogP contribution in [0.3, 0.4) is 0 Å². The second kappa shape index (κ2) is 4.47. The Morgan fingerprint density at radius 1 is 1.20 bits per heavy atom. The van der Waals surface area contributed by atoms with Gasteiger partial charge in [-0.15, -0.1) is 0 Å². The minimum Gasteiger partial charge on any atom is -0.367 e. The van der Waals surface area contributed by atoms with Crippen molar-refractivity contribution in [2.24, 2.45) is 0 Å². The fourth-order valence-corrected chi connectivity index (χ4v) is 1.77. The molecule has 0 amide bonds. The molecule has 0 saturated carbocycles. The van der Waals surface area contributed by atoms with Crippen molar-refractivity contribution in [3.63, 3.8) is 0 Å². The quantitative estimate of drug-likeness (QED) is 0.756. The highest BCUT2D eigenvalue weighted by Gasteiger charge is 2.09. The van der Waals surface area contributed by atoms with Crippen molar-refractivity contribution < 1.29 is 4.79 Å². The van der Waals surface area contributed by atoms with Crippen LogP contribution in [0.4, 0.5) is 5.69 Å². The number of Topliss-reactive ketones (excluding diaryl/α,β-unsaturated/α-hetero) is 1. The summed E-state index contributed by atoms with van der Waals surface area (Å²) in [7, 11) is 1.96. The average molecular weight is 205 g/mol. The van der Waals surface area contributed by atoms with Crippen LogP contribution >= 0.6 is 0 Å². The molecule has 0 aromatic heterocycles. The standard InChI is InChI=1S/C13H19NO/c1-9-6-7-13(12(4)11(9)3)14(5)8-10(2)15/h6-7H,8H2,1-5H3. The number of benzene rings is 1. The molecule has 0 N–H and O–H groups in total. The Balaban J connectivity index is 3.05. The van der Waals surface area contributed by atoms with E-state index in [1.807, 2.05) is 11.9 Å². The zero-order valence-corrected chi connectivity index (χ0v) is 10.2. The maximum Gasteiger partial charge on any atom is 0.149 e. The third-order valence-corrected chi connectivity index (χ3v) is 2.90. The van der Waals surface area contributed by atoms with E-state index in [4.69, 9.17) is 0 Å². The van der Waals surface area contributed by atoms with E-state index in [9.17, 15) is 4.79 Å². The third-order valence-electron chi connectivity index (χ3n) is 2.90. The van der Waals surface area contributed by atoms with Crippen molar-refractivity contribution in [2.75, 3.05) is 18.5 Å². The van der Waals surface area contributed by atoms with Gasteiger partial charge in [0.05, 0.1) is 6.54 Å². The van der Waals surface area contributed by atoms with Gasteiger partial charge < -0.3 is 4.90 Å². The zero-order valence-electron chi connectivity index (χ0n) is 10.2. The number of likely N-dealkylation sites (N-methyl/N-ethyl adjacent to an activating group) is 1. The van der Waals surface area contributed by atoms with Crippen LogP contribution in [-0.4, -0.2) is 19.4 Å². The molecule has 0 atom stereocenters. The van der Waals surface area contributed by atoms with Gasteiger partial charge in [-0.05, 0) is 50.5 Å². The molecule has 15 heavy (non-hydrogen) atoms. The van der Waals surface area contributed by atoms with Gasteiger partial charge in [0.2, 0.25) is 0 Å². The first-order valence-electron chi connectivity index (χ1n) is 5.21. The molecule has 0 unspecified atom stereocenters. The van der Waals surface area contributed by atoms with Gasteiger partial charge in [0.15, 0.2) is 0 Å². The third kappa shape index (κ3) is 2.58. The maximum absolute atomic E-state index is 11.0. The van der Waals surface area contributed by atoms with Crippen molar-refractivity contribution in [2.45, 2.75) is 27.7 Å². The molecular formula is C13H19NO. The van der Waals surface area contributed by atoms with Crippen LogP contribution < -0.4 is 4.90 Å². The fraction of sp³-hybridized carbons (Fsp3) is 0.462. The van der Waals surface area contributed by atoms with Gasteiger partial charge in [-0.3, -0.25) is 4.79 Å². The summed E-state index contributed by atoms with van der Waals surface area (Å²) in [5.74, 6) is 0.190. The summed E-state index contributed by atoms with van der Waals surface area (Å²) < 4.78 is 0. The van der Waals surface area contributed by atoms with Crippen molar-refractivity contribution in [1.82, 2.24) is 0 Å². The first-order chi connectivity index (χ1) is 6.93. The lowest BCUT2D eigenvalue weighted by molar-refractivity contribution is -0.115. The van der Waals surface area contributed by atoms with Crippen LogP contribution in [-0.2, 0) is 4.79 Å². The highest BCUT2D eigenvalue weighted by atomic mass is 16.1. The molecule has 1 aromatic rings. The first-order valence-corrected chi connectivity index (χ1v) is 5.21. The number of ketones is 1. The molecule has 0 heterocycles. The zero-order chi connectivity index (χ0) is 11.6. The van der Waals surface area contributed by atoms with Crippen LogP contribution in [0.2, 0.25) is 0 Å². The maximum atomic E-state index is 11.0. The summed E-state index contributed by atoms with van der Waals surface area (Å²) in [6, 6.07) is 4.19. The number of hydrogen-bond donors (Lipinski definition) is 0. The number of carbonyl (C=O) groups excluding carboxylic acids is 1. The molecule has 0 aliphatic rings. The Kier molecular flexibility index (Phi) is 3.51. The minimum atomic E-state index is 0.190. The summed E-state index contributed by atoms with van der Waals surface area (Å²) >= 11 is 0. The number of rotatable bonds is 3. The number of anilines is 1. The lowest BCUT2D eigenvalue weighted by Crippen LogP contribution is -2.24. The topological polar surface area (TPSA) is 20.3 Å². The second-order valence-electron chi connectivity index (χ2n) is 4.21. The average Bonchev–Trinajstić information content (AvgIpc) is 2.13. The van der Waals surface area contributed by atoms with Crippen LogP contribution in [0.5, 0.6) is 0 Å². The summed E-state index contributed by atoms with van der Waals surface area (Å²) in [6.07, 6.45) is 0. The van der Waals surface area contributed by atoms with Crippen LogP contribution in [0, 0.1) is 20.8 Å². The van der Waals surface area contributed by atoms with E-state index in [2.05, 4.69) is 32.9 Å². The fourth-order valence-electron chi connectivity index (χ4n) is 1.77. The summed E-state index contributed by atoms with van der Waals surface area (Å²) in [5, 5.41) is 0. The Morgan fingerprint density at radius 3 is 2.33 bits per heavy atom. The van der Waals surface area contributed by atoms with E-state index >= 15 is 0 Å². The molecule has 0 fully saturated rings. The molecule has 0 aliphatic carbocycles. The normalized spacial score (nSPS) is 10.2. The molecule has 0 spiro atoms. The van der Waals surface area contributed by atoms with Gasteiger partial charge in [-0.1, -0.05) is 6.07 Å². The Bertz CT molecular complexity index is 382. The number of nitrogens with zero attached hydrogens (tertiary/aromatic N) is 1. The molecule has 82 valence electrons.